The van der Waals surface area contributed by atoms with Gasteiger partial charge >= 0.3 is 0 Å². The van der Waals surface area contributed by atoms with Crippen molar-refractivity contribution < 1.29 is 4.79 Å². The predicted molar refractivity (Wildman–Crippen MR) is 78.8 cm³/mol. The number of hydrogen-bond donors (Lipinski definition) is 1. The summed E-state index contributed by atoms with van der Waals surface area (Å²) in [4.78, 5) is 12.2. The van der Waals surface area contributed by atoms with E-state index in [-0.39, 0.29) is 22.7 Å². The van der Waals surface area contributed by atoms with Crippen molar-refractivity contribution in [3.8, 4) is 0 Å². The Balaban J connectivity index is 2.12. The van der Waals surface area contributed by atoms with Crippen LogP contribution >= 0.6 is 27.5 Å². The van der Waals surface area contributed by atoms with E-state index in [4.69, 9.17) is 11.6 Å². The van der Waals surface area contributed by atoms with Gasteiger partial charge in [-0.3, -0.25) is 4.79 Å². The average molecular weight is 331 g/mol. The van der Waals surface area contributed by atoms with E-state index in [0.717, 1.165) is 10.2 Å². The van der Waals surface area contributed by atoms with Gasteiger partial charge in [0.2, 0.25) is 5.91 Å². The number of carbonyl (C=O) groups excluding carboxylic acids is 1. The molecule has 0 radical (unpaired) electrons. The van der Waals surface area contributed by atoms with E-state index in [0.29, 0.717) is 5.02 Å². The maximum Gasteiger partial charge on any atom is 0.228 e. The fourth-order valence-electron chi connectivity index (χ4n) is 2.64. The standard InChI is InChI=1S/C14H17BrClNO/c1-13(2)11(14(13,3)4)12(18)17-8-5-6-9(15)10(16)7-8/h5-7,11H,1-4H3,(H,17,18). The third-order valence-corrected chi connectivity index (χ3v) is 5.70. The highest BCUT2D eigenvalue weighted by molar-refractivity contribution is 9.10. The van der Waals surface area contributed by atoms with Crippen molar-refractivity contribution in [3.63, 3.8) is 0 Å². The van der Waals surface area contributed by atoms with Crippen LogP contribution in [0.2, 0.25) is 5.02 Å². The zero-order valence-corrected chi connectivity index (χ0v) is 13.3. The Morgan fingerprint density at radius 2 is 1.83 bits per heavy atom. The second-order valence-corrected chi connectivity index (χ2v) is 7.26. The highest BCUT2D eigenvalue weighted by Crippen LogP contribution is 2.68. The molecular formula is C14H17BrClNO. The van der Waals surface area contributed by atoms with E-state index < -0.39 is 0 Å². The van der Waals surface area contributed by atoms with Crippen LogP contribution in [0.1, 0.15) is 27.7 Å². The minimum atomic E-state index is 0.0485. The molecule has 1 aromatic carbocycles. The third kappa shape index (κ3) is 2.08. The van der Waals surface area contributed by atoms with Gasteiger partial charge in [0.05, 0.1) is 5.02 Å². The normalized spacial score (nSPS) is 20.6. The van der Waals surface area contributed by atoms with E-state index in [1.54, 1.807) is 6.07 Å². The van der Waals surface area contributed by atoms with Crippen LogP contribution in [0.5, 0.6) is 0 Å². The van der Waals surface area contributed by atoms with Gasteiger partial charge < -0.3 is 5.32 Å². The van der Waals surface area contributed by atoms with E-state index in [2.05, 4.69) is 48.9 Å². The van der Waals surface area contributed by atoms with Crippen molar-refractivity contribution in [2.75, 3.05) is 5.32 Å². The van der Waals surface area contributed by atoms with Crippen molar-refractivity contribution in [3.05, 3.63) is 27.7 Å². The van der Waals surface area contributed by atoms with Crippen LogP contribution in [0.25, 0.3) is 0 Å². The van der Waals surface area contributed by atoms with Gasteiger partial charge in [-0.25, -0.2) is 0 Å². The van der Waals surface area contributed by atoms with Gasteiger partial charge in [0, 0.05) is 16.1 Å². The predicted octanol–water partition coefficient (Wildman–Crippen LogP) is 4.72. The van der Waals surface area contributed by atoms with Gasteiger partial charge in [0.15, 0.2) is 0 Å². The Hall–Kier alpha value is -0.540. The third-order valence-electron chi connectivity index (χ3n) is 4.47. The summed E-state index contributed by atoms with van der Waals surface area (Å²) in [6, 6.07) is 5.43. The van der Waals surface area contributed by atoms with E-state index in [1.165, 1.54) is 0 Å². The minimum Gasteiger partial charge on any atom is -0.326 e. The van der Waals surface area contributed by atoms with Gasteiger partial charge in [-0.2, -0.15) is 0 Å². The van der Waals surface area contributed by atoms with Crippen LogP contribution in [0.15, 0.2) is 22.7 Å². The minimum absolute atomic E-state index is 0.0485. The summed E-state index contributed by atoms with van der Waals surface area (Å²) in [5.74, 6) is 0.121. The number of hydrogen-bond acceptors (Lipinski definition) is 1. The number of anilines is 1. The molecule has 18 heavy (non-hydrogen) atoms. The highest BCUT2D eigenvalue weighted by Gasteiger charge is 2.68. The Morgan fingerprint density at radius 1 is 1.28 bits per heavy atom. The number of amides is 1. The van der Waals surface area contributed by atoms with Crippen LogP contribution in [-0.2, 0) is 4.79 Å². The summed E-state index contributed by atoms with van der Waals surface area (Å²) in [6.07, 6.45) is 0. The molecule has 0 bridgehead atoms. The molecule has 2 nitrogen and oxygen atoms in total. The van der Waals surface area contributed by atoms with Crippen LogP contribution in [0.4, 0.5) is 5.69 Å². The fraction of sp³-hybridized carbons (Fsp3) is 0.500. The largest absolute Gasteiger partial charge is 0.326 e. The summed E-state index contributed by atoms with van der Waals surface area (Å²) >= 11 is 9.33. The molecule has 0 saturated heterocycles. The zero-order chi connectivity index (χ0) is 13.7. The molecule has 1 amide bonds. The number of rotatable bonds is 2. The molecule has 0 unspecified atom stereocenters. The molecule has 0 spiro atoms. The van der Waals surface area contributed by atoms with E-state index in [9.17, 15) is 4.79 Å². The molecule has 1 aromatic rings. The molecule has 2 rings (SSSR count). The van der Waals surface area contributed by atoms with Crippen molar-refractivity contribution in [1.29, 1.82) is 0 Å². The first-order valence-corrected chi connectivity index (χ1v) is 7.11. The molecule has 1 saturated carbocycles. The van der Waals surface area contributed by atoms with E-state index >= 15 is 0 Å². The summed E-state index contributed by atoms with van der Waals surface area (Å²) in [6.45, 7) is 8.52. The first kappa shape index (κ1) is 13.9. The first-order chi connectivity index (χ1) is 8.18. The zero-order valence-electron chi connectivity index (χ0n) is 11.0. The number of nitrogens with one attached hydrogen (secondary N) is 1. The van der Waals surface area contributed by atoms with Gasteiger partial charge in [-0.15, -0.1) is 0 Å². The average Bonchev–Trinajstić information content (AvgIpc) is 2.63. The maximum atomic E-state index is 12.2. The van der Waals surface area contributed by atoms with E-state index in [1.807, 2.05) is 12.1 Å². The first-order valence-electron chi connectivity index (χ1n) is 5.94. The monoisotopic (exact) mass is 329 g/mol. The second kappa shape index (κ2) is 4.24. The van der Waals surface area contributed by atoms with Crippen molar-refractivity contribution in [1.82, 2.24) is 0 Å². The molecule has 0 aliphatic heterocycles. The van der Waals surface area contributed by atoms with Crippen LogP contribution in [-0.4, -0.2) is 5.91 Å². The van der Waals surface area contributed by atoms with Gasteiger partial charge in [0.25, 0.3) is 0 Å². The lowest BCUT2D eigenvalue weighted by molar-refractivity contribution is -0.118. The molecule has 1 N–H and O–H groups in total. The van der Waals surface area contributed by atoms with Crippen molar-refractivity contribution >= 4 is 39.1 Å². The Labute approximate surface area is 121 Å². The molecule has 0 heterocycles. The molecule has 1 fully saturated rings. The van der Waals surface area contributed by atoms with Crippen molar-refractivity contribution in [2.24, 2.45) is 16.7 Å². The van der Waals surface area contributed by atoms with Gasteiger partial charge in [0.1, 0.15) is 0 Å². The summed E-state index contributed by atoms with van der Waals surface area (Å²) in [5.41, 5.74) is 0.846. The Morgan fingerprint density at radius 3 is 2.28 bits per heavy atom. The number of halogens is 2. The lowest BCUT2D eigenvalue weighted by atomic mass is 10.0. The van der Waals surface area contributed by atoms with Crippen LogP contribution in [0.3, 0.4) is 0 Å². The van der Waals surface area contributed by atoms with Crippen LogP contribution in [0, 0.1) is 16.7 Å². The SMILES string of the molecule is CC1(C)C(C(=O)Nc2ccc(Br)c(Cl)c2)C1(C)C. The quantitative estimate of drug-likeness (QED) is 0.835. The highest BCUT2D eigenvalue weighted by atomic mass is 79.9. The Bertz CT molecular complexity index is 497. The maximum absolute atomic E-state index is 12.2. The van der Waals surface area contributed by atoms with Gasteiger partial charge in [-0.05, 0) is 45.0 Å². The summed E-state index contributed by atoms with van der Waals surface area (Å²) in [7, 11) is 0. The molecule has 1 aliphatic carbocycles. The molecule has 98 valence electrons. The van der Waals surface area contributed by atoms with Crippen LogP contribution < -0.4 is 5.32 Å². The molecule has 4 heteroatoms. The summed E-state index contributed by atoms with van der Waals surface area (Å²) in [5, 5.41) is 3.54. The second-order valence-electron chi connectivity index (χ2n) is 5.99. The number of benzene rings is 1. The van der Waals surface area contributed by atoms with Gasteiger partial charge in [-0.1, -0.05) is 39.3 Å². The molecular weight excluding hydrogens is 314 g/mol. The topological polar surface area (TPSA) is 29.1 Å². The fourth-order valence-corrected chi connectivity index (χ4v) is 3.07. The molecule has 1 aliphatic rings. The molecule has 0 atom stereocenters. The lowest BCUT2D eigenvalue weighted by Gasteiger charge is -2.07. The smallest absolute Gasteiger partial charge is 0.228 e. The number of carbonyl (C=O) groups is 1. The summed E-state index contributed by atoms with van der Waals surface area (Å²) < 4.78 is 0.828. The lowest BCUT2D eigenvalue weighted by Crippen LogP contribution is -2.17. The molecule has 0 aromatic heterocycles. The Kier molecular flexibility index (Phi) is 3.27. The van der Waals surface area contributed by atoms with Crippen molar-refractivity contribution in [2.45, 2.75) is 27.7 Å².